The Morgan fingerprint density at radius 2 is 1.60 bits per heavy atom. The van der Waals surface area contributed by atoms with Crippen molar-refractivity contribution in [2.24, 2.45) is 0 Å². The van der Waals surface area contributed by atoms with Gasteiger partial charge in [-0.3, -0.25) is 4.89 Å². The molecule has 0 fully saturated rings. The second-order valence-electron chi connectivity index (χ2n) is 2.59. The summed E-state index contributed by atoms with van der Waals surface area (Å²) in [4.78, 5) is 13.5. The van der Waals surface area contributed by atoms with Crippen molar-refractivity contribution in [1.82, 2.24) is 0 Å². The summed E-state index contributed by atoms with van der Waals surface area (Å²) in [5, 5.41) is 51.9. The number of aliphatic hydroxyl groups is 5. The highest BCUT2D eigenvalue weighted by Gasteiger charge is 2.35. The van der Waals surface area contributed by atoms with Crippen molar-refractivity contribution >= 4 is 23.3 Å². The van der Waals surface area contributed by atoms with Gasteiger partial charge in [0, 0.05) is 0 Å². The number of rotatable bonds is 5. The molecule has 0 radical (unpaired) electrons. The van der Waals surface area contributed by atoms with E-state index in [0.29, 0.717) is 0 Å². The van der Waals surface area contributed by atoms with E-state index < -0.39 is 37.0 Å². The summed E-state index contributed by atoms with van der Waals surface area (Å²) in [5.41, 5.74) is 0. The molecular formula is C6H15AlO8. The van der Waals surface area contributed by atoms with Gasteiger partial charge in [-0.2, -0.15) is 5.26 Å². The van der Waals surface area contributed by atoms with Crippen molar-refractivity contribution in [3.8, 4) is 0 Å². The number of carbonyl (C=O) groups excluding carboxylic acids is 1. The van der Waals surface area contributed by atoms with Crippen molar-refractivity contribution in [2.75, 3.05) is 6.61 Å². The number of carbonyl (C=O) groups is 1. The SMILES string of the molecule is O=C(OO)[C@H](O)[C@@H](O)[C@H](O)[C@H](O)CO.[AlH3]. The fourth-order valence-electron chi connectivity index (χ4n) is 0.716. The highest BCUT2D eigenvalue weighted by molar-refractivity contribution is 5.75. The third-order valence-corrected chi connectivity index (χ3v) is 1.59. The minimum atomic E-state index is -2.21. The molecule has 0 unspecified atom stereocenters. The van der Waals surface area contributed by atoms with Gasteiger partial charge in [0.15, 0.2) is 23.5 Å². The number of hydrogen-bond acceptors (Lipinski definition) is 8. The van der Waals surface area contributed by atoms with Crippen molar-refractivity contribution in [1.29, 1.82) is 0 Å². The molecule has 8 nitrogen and oxygen atoms in total. The second-order valence-corrected chi connectivity index (χ2v) is 2.59. The summed E-state index contributed by atoms with van der Waals surface area (Å²) in [7, 11) is 0. The van der Waals surface area contributed by atoms with Gasteiger partial charge in [-0.1, -0.05) is 0 Å². The van der Waals surface area contributed by atoms with Crippen LogP contribution in [0.15, 0.2) is 0 Å². The van der Waals surface area contributed by atoms with Crippen LogP contribution in [0.3, 0.4) is 0 Å². The van der Waals surface area contributed by atoms with Crippen LogP contribution in [0.4, 0.5) is 0 Å². The maximum atomic E-state index is 10.4. The number of aliphatic hydroxyl groups excluding tert-OH is 5. The highest BCUT2D eigenvalue weighted by atomic mass is 27.0. The Morgan fingerprint density at radius 3 is 1.93 bits per heavy atom. The van der Waals surface area contributed by atoms with E-state index in [1.54, 1.807) is 0 Å². The normalized spacial score (nSPS) is 18.3. The van der Waals surface area contributed by atoms with Crippen LogP contribution >= 0.6 is 0 Å². The van der Waals surface area contributed by atoms with Crippen LogP contribution in [0.2, 0.25) is 0 Å². The van der Waals surface area contributed by atoms with E-state index in [1.165, 1.54) is 0 Å². The zero-order chi connectivity index (χ0) is 11.3. The van der Waals surface area contributed by atoms with Crippen molar-refractivity contribution < 1.29 is 40.5 Å². The summed E-state index contributed by atoms with van der Waals surface area (Å²) in [6.07, 6.45) is -7.94. The van der Waals surface area contributed by atoms with E-state index in [4.69, 9.17) is 30.8 Å². The number of hydrogen-bond donors (Lipinski definition) is 6. The Kier molecular flexibility index (Phi) is 9.13. The van der Waals surface area contributed by atoms with Gasteiger partial charge in [-0.15, -0.1) is 0 Å². The van der Waals surface area contributed by atoms with E-state index in [2.05, 4.69) is 4.89 Å². The van der Waals surface area contributed by atoms with E-state index in [0.717, 1.165) is 0 Å². The molecule has 0 aromatic rings. The van der Waals surface area contributed by atoms with Crippen LogP contribution in [0, 0.1) is 0 Å². The van der Waals surface area contributed by atoms with Gasteiger partial charge in [-0.25, -0.2) is 4.79 Å². The van der Waals surface area contributed by atoms with Gasteiger partial charge < -0.3 is 25.5 Å². The maximum absolute atomic E-state index is 10.4. The molecule has 0 heterocycles. The fourth-order valence-corrected chi connectivity index (χ4v) is 0.716. The van der Waals surface area contributed by atoms with E-state index in [1.807, 2.05) is 0 Å². The molecule has 0 aliphatic rings. The van der Waals surface area contributed by atoms with Crippen LogP contribution < -0.4 is 0 Å². The summed E-state index contributed by atoms with van der Waals surface area (Å²) in [6.45, 7) is -0.862. The lowest BCUT2D eigenvalue weighted by atomic mass is 10.0. The molecule has 0 saturated carbocycles. The molecule has 0 aromatic carbocycles. The minimum Gasteiger partial charge on any atom is -0.394 e. The third-order valence-electron chi connectivity index (χ3n) is 1.59. The van der Waals surface area contributed by atoms with Gasteiger partial charge >= 0.3 is 5.97 Å². The van der Waals surface area contributed by atoms with Crippen LogP contribution in [-0.4, -0.2) is 85.1 Å². The molecule has 0 amide bonds. The molecule has 0 rings (SSSR count). The molecule has 0 aliphatic carbocycles. The van der Waals surface area contributed by atoms with Crippen molar-refractivity contribution in [3.05, 3.63) is 0 Å². The quantitative estimate of drug-likeness (QED) is 0.160. The van der Waals surface area contributed by atoms with E-state index >= 15 is 0 Å². The summed E-state index contributed by atoms with van der Waals surface area (Å²) >= 11 is 0. The van der Waals surface area contributed by atoms with Gasteiger partial charge in [-0.05, 0) is 0 Å². The zero-order valence-electron chi connectivity index (χ0n) is 7.02. The molecule has 0 bridgehead atoms. The van der Waals surface area contributed by atoms with E-state index in [-0.39, 0.29) is 17.4 Å². The molecule has 0 aliphatic heterocycles. The molecule has 90 valence electrons. The molecule has 9 heteroatoms. The van der Waals surface area contributed by atoms with Gasteiger partial charge in [0.1, 0.15) is 18.3 Å². The van der Waals surface area contributed by atoms with Crippen LogP contribution in [0.5, 0.6) is 0 Å². The molecule has 4 atom stereocenters. The van der Waals surface area contributed by atoms with Gasteiger partial charge in [0.2, 0.25) is 0 Å². The molecular weight excluding hydrogens is 227 g/mol. The van der Waals surface area contributed by atoms with Gasteiger partial charge in [0.05, 0.1) is 6.61 Å². The molecule has 0 saturated heterocycles. The Morgan fingerprint density at radius 1 is 1.13 bits per heavy atom. The average molecular weight is 242 g/mol. The van der Waals surface area contributed by atoms with Crippen LogP contribution in [0.25, 0.3) is 0 Å². The predicted octanol–water partition coefficient (Wildman–Crippen LogP) is -4.75. The monoisotopic (exact) mass is 242 g/mol. The summed E-state index contributed by atoms with van der Waals surface area (Å²) in [5.74, 6) is -1.58. The van der Waals surface area contributed by atoms with E-state index in [9.17, 15) is 4.79 Å². The maximum Gasteiger partial charge on any atom is 0.373 e. The molecule has 0 spiro atoms. The lowest BCUT2D eigenvalue weighted by Crippen LogP contribution is -2.48. The second kappa shape index (κ2) is 7.98. The average Bonchev–Trinajstić information content (AvgIpc) is 2.23. The Labute approximate surface area is 95.4 Å². The third kappa shape index (κ3) is 4.88. The van der Waals surface area contributed by atoms with Crippen molar-refractivity contribution in [2.45, 2.75) is 24.4 Å². The Balaban J connectivity index is 0. The standard InChI is InChI=1S/C6H12O8.Al.3H/c7-1-2(8)3(9)4(10)5(11)6(12)14-13;;;;/h2-5,7-11,13H,1H2;;;;/t2-,3-,4+,5-;;;;/m1..../s1. The topological polar surface area (TPSA) is 148 Å². The predicted molar refractivity (Wildman–Crippen MR) is 49.8 cm³/mol. The molecule has 15 heavy (non-hydrogen) atoms. The van der Waals surface area contributed by atoms with Crippen LogP contribution in [0.1, 0.15) is 0 Å². The summed E-state index contributed by atoms with van der Waals surface area (Å²) in [6, 6.07) is 0. The first kappa shape index (κ1) is 17.2. The lowest BCUT2D eigenvalue weighted by Gasteiger charge is -2.23. The largest absolute Gasteiger partial charge is 0.394 e. The van der Waals surface area contributed by atoms with Crippen LogP contribution in [-0.2, 0) is 9.68 Å². The first-order valence-corrected chi connectivity index (χ1v) is 3.64. The summed E-state index contributed by atoms with van der Waals surface area (Å²) < 4.78 is 0. The zero-order valence-corrected chi connectivity index (χ0v) is 7.02. The highest BCUT2D eigenvalue weighted by Crippen LogP contribution is 2.05. The van der Waals surface area contributed by atoms with Gasteiger partial charge in [0.25, 0.3) is 0 Å². The fraction of sp³-hybridized carbons (Fsp3) is 0.833. The minimum absolute atomic E-state index is 0. The Hall–Kier alpha value is -0.238. The van der Waals surface area contributed by atoms with Crippen molar-refractivity contribution in [3.63, 3.8) is 0 Å². The first-order chi connectivity index (χ1) is 6.45. The first-order valence-electron chi connectivity index (χ1n) is 3.64. The lowest BCUT2D eigenvalue weighted by molar-refractivity contribution is -0.249. The molecule has 0 aromatic heterocycles. The molecule has 6 N–H and O–H groups in total. The Bertz CT molecular complexity index is 188. The smallest absolute Gasteiger partial charge is 0.373 e.